The lowest BCUT2D eigenvalue weighted by molar-refractivity contribution is -0.109. The summed E-state index contributed by atoms with van der Waals surface area (Å²) in [6.45, 7) is 1.64. The molecular weight excluding hydrogens is 190 g/mol. The summed E-state index contributed by atoms with van der Waals surface area (Å²) >= 11 is 0. The predicted molar refractivity (Wildman–Crippen MR) is 47.1 cm³/mol. The topological polar surface area (TPSA) is 26.3 Å². The van der Waals surface area contributed by atoms with Gasteiger partial charge in [0.25, 0.3) is 0 Å². The van der Waals surface area contributed by atoms with Crippen molar-refractivity contribution >= 4 is 6.29 Å². The van der Waals surface area contributed by atoms with Crippen LogP contribution in [-0.2, 0) is 4.79 Å². The van der Waals surface area contributed by atoms with Gasteiger partial charge >= 0.3 is 0 Å². The molecule has 0 radical (unpaired) electrons. The number of rotatable bonds is 4. The fourth-order valence-electron chi connectivity index (χ4n) is 0.971. The van der Waals surface area contributed by atoms with Crippen LogP contribution in [-0.4, -0.2) is 12.4 Å². The van der Waals surface area contributed by atoms with E-state index in [1.807, 2.05) is 0 Å². The third-order valence-corrected chi connectivity index (χ3v) is 1.65. The van der Waals surface area contributed by atoms with Crippen LogP contribution in [0.3, 0.4) is 0 Å². The van der Waals surface area contributed by atoms with E-state index in [-0.39, 0.29) is 12.2 Å². The molecule has 0 aliphatic heterocycles. The van der Waals surface area contributed by atoms with E-state index in [0.717, 1.165) is 12.1 Å². The number of carbonyl (C=O) groups is 1. The van der Waals surface area contributed by atoms with Crippen molar-refractivity contribution in [3.05, 3.63) is 29.8 Å². The Morgan fingerprint density at radius 3 is 2.79 bits per heavy atom. The minimum atomic E-state index is -0.761. The van der Waals surface area contributed by atoms with Gasteiger partial charge in [-0.2, -0.15) is 0 Å². The van der Waals surface area contributed by atoms with Crippen LogP contribution in [0.4, 0.5) is 8.78 Å². The second-order valence-corrected chi connectivity index (χ2v) is 2.91. The van der Waals surface area contributed by atoms with Crippen LogP contribution in [0, 0.1) is 11.6 Å². The molecule has 2 nitrogen and oxygen atoms in total. The molecule has 0 heterocycles. The molecule has 1 aromatic rings. The third-order valence-electron chi connectivity index (χ3n) is 1.65. The zero-order valence-electron chi connectivity index (χ0n) is 7.67. The van der Waals surface area contributed by atoms with Crippen LogP contribution < -0.4 is 4.74 Å². The molecule has 0 spiro atoms. The Bertz CT molecular complexity index is 326. The van der Waals surface area contributed by atoms with Crippen molar-refractivity contribution in [2.45, 2.75) is 19.4 Å². The smallest absolute Gasteiger partial charge is 0.167 e. The quantitative estimate of drug-likeness (QED) is 0.697. The first-order chi connectivity index (χ1) is 6.63. The zero-order chi connectivity index (χ0) is 10.6. The van der Waals surface area contributed by atoms with E-state index in [9.17, 15) is 13.6 Å². The molecule has 0 saturated carbocycles. The van der Waals surface area contributed by atoms with E-state index in [1.54, 1.807) is 6.92 Å². The molecule has 1 rings (SSSR count). The van der Waals surface area contributed by atoms with Gasteiger partial charge in [0.2, 0.25) is 0 Å². The SMILES string of the molecule is CC(CC=O)Oc1ccc(F)cc1F. The molecule has 0 fully saturated rings. The molecule has 0 aliphatic carbocycles. The monoisotopic (exact) mass is 200 g/mol. The number of aldehydes is 1. The van der Waals surface area contributed by atoms with Gasteiger partial charge in [-0.3, -0.25) is 0 Å². The van der Waals surface area contributed by atoms with Crippen molar-refractivity contribution in [2.24, 2.45) is 0 Å². The second kappa shape index (κ2) is 4.69. The summed E-state index contributed by atoms with van der Waals surface area (Å²) in [6.07, 6.45) is 0.454. The zero-order valence-corrected chi connectivity index (χ0v) is 7.67. The van der Waals surface area contributed by atoms with E-state index in [4.69, 9.17) is 4.74 Å². The average molecular weight is 200 g/mol. The Morgan fingerprint density at radius 1 is 1.50 bits per heavy atom. The fourth-order valence-corrected chi connectivity index (χ4v) is 0.971. The summed E-state index contributed by atoms with van der Waals surface area (Å²) < 4.78 is 30.5. The number of halogens is 2. The molecule has 0 aliphatic rings. The normalized spacial score (nSPS) is 12.2. The molecule has 4 heteroatoms. The molecule has 0 bridgehead atoms. The minimum Gasteiger partial charge on any atom is -0.487 e. The molecule has 14 heavy (non-hydrogen) atoms. The van der Waals surface area contributed by atoms with Crippen LogP contribution in [0.25, 0.3) is 0 Å². The Labute approximate surface area is 80.5 Å². The van der Waals surface area contributed by atoms with Gasteiger partial charge in [0.15, 0.2) is 11.6 Å². The largest absolute Gasteiger partial charge is 0.487 e. The first-order valence-electron chi connectivity index (χ1n) is 4.19. The lowest BCUT2D eigenvalue weighted by Gasteiger charge is -2.12. The molecular formula is C10H10F2O2. The van der Waals surface area contributed by atoms with Crippen molar-refractivity contribution in [2.75, 3.05) is 0 Å². The lowest BCUT2D eigenvalue weighted by atomic mass is 10.3. The molecule has 1 unspecified atom stereocenters. The van der Waals surface area contributed by atoms with Gasteiger partial charge in [-0.15, -0.1) is 0 Å². The molecule has 1 atom stereocenters. The lowest BCUT2D eigenvalue weighted by Crippen LogP contribution is -2.12. The van der Waals surface area contributed by atoms with Gasteiger partial charge in [0.1, 0.15) is 18.2 Å². The average Bonchev–Trinajstić information content (AvgIpc) is 2.10. The molecule has 0 amide bonds. The van der Waals surface area contributed by atoms with Crippen LogP contribution in [0.5, 0.6) is 5.75 Å². The maximum atomic E-state index is 13.0. The molecule has 1 aromatic carbocycles. The summed E-state index contributed by atoms with van der Waals surface area (Å²) in [7, 11) is 0. The summed E-state index contributed by atoms with van der Waals surface area (Å²) in [5, 5.41) is 0. The summed E-state index contributed by atoms with van der Waals surface area (Å²) in [5.41, 5.74) is 0. The third kappa shape index (κ3) is 2.80. The summed E-state index contributed by atoms with van der Waals surface area (Å²) in [4.78, 5) is 10.1. The Hall–Kier alpha value is -1.45. The molecule has 0 aromatic heterocycles. The van der Waals surface area contributed by atoms with E-state index in [1.165, 1.54) is 6.07 Å². The van der Waals surface area contributed by atoms with Crippen LogP contribution in [0.1, 0.15) is 13.3 Å². The Morgan fingerprint density at radius 2 is 2.21 bits per heavy atom. The number of benzene rings is 1. The summed E-state index contributed by atoms with van der Waals surface area (Å²) in [5.74, 6) is -1.46. The highest BCUT2D eigenvalue weighted by Gasteiger charge is 2.08. The van der Waals surface area contributed by atoms with E-state index in [2.05, 4.69) is 0 Å². The van der Waals surface area contributed by atoms with Gasteiger partial charge in [-0.1, -0.05) is 0 Å². The first kappa shape index (κ1) is 10.6. The van der Waals surface area contributed by atoms with Crippen molar-refractivity contribution in [3.8, 4) is 5.75 Å². The Balaban J connectivity index is 2.71. The summed E-state index contributed by atoms with van der Waals surface area (Å²) in [6, 6.07) is 3.04. The van der Waals surface area contributed by atoms with Gasteiger partial charge in [-0.05, 0) is 19.1 Å². The van der Waals surface area contributed by atoms with E-state index >= 15 is 0 Å². The van der Waals surface area contributed by atoms with Crippen LogP contribution >= 0.6 is 0 Å². The van der Waals surface area contributed by atoms with Crippen molar-refractivity contribution in [1.82, 2.24) is 0 Å². The van der Waals surface area contributed by atoms with Gasteiger partial charge in [0.05, 0.1) is 0 Å². The van der Waals surface area contributed by atoms with Crippen molar-refractivity contribution in [3.63, 3.8) is 0 Å². The number of hydrogen-bond acceptors (Lipinski definition) is 2. The van der Waals surface area contributed by atoms with E-state index in [0.29, 0.717) is 6.29 Å². The highest BCUT2D eigenvalue weighted by Crippen LogP contribution is 2.19. The second-order valence-electron chi connectivity index (χ2n) is 2.91. The van der Waals surface area contributed by atoms with Crippen LogP contribution in [0.2, 0.25) is 0 Å². The minimum absolute atomic E-state index is 0.0410. The van der Waals surface area contributed by atoms with Crippen LogP contribution in [0.15, 0.2) is 18.2 Å². The fraction of sp³-hybridized carbons (Fsp3) is 0.300. The molecule has 0 N–H and O–H groups in total. The van der Waals surface area contributed by atoms with Gasteiger partial charge < -0.3 is 9.53 Å². The van der Waals surface area contributed by atoms with Gasteiger partial charge in [-0.25, -0.2) is 8.78 Å². The molecule has 0 saturated heterocycles. The Kier molecular flexibility index (Phi) is 3.56. The number of ether oxygens (including phenoxy) is 1. The maximum Gasteiger partial charge on any atom is 0.167 e. The van der Waals surface area contributed by atoms with Crippen molar-refractivity contribution in [1.29, 1.82) is 0 Å². The highest BCUT2D eigenvalue weighted by atomic mass is 19.1. The predicted octanol–water partition coefficient (Wildman–Crippen LogP) is 2.32. The number of carbonyl (C=O) groups excluding carboxylic acids is 1. The van der Waals surface area contributed by atoms with E-state index < -0.39 is 17.7 Å². The standard InChI is InChI=1S/C10H10F2O2/c1-7(4-5-13)14-10-3-2-8(11)6-9(10)12/h2-3,5-7H,4H2,1H3. The first-order valence-corrected chi connectivity index (χ1v) is 4.19. The van der Waals surface area contributed by atoms with Gasteiger partial charge in [0, 0.05) is 12.5 Å². The maximum absolute atomic E-state index is 13.0. The highest BCUT2D eigenvalue weighted by molar-refractivity contribution is 5.50. The number of hydrogen-bond donors (Lipinski definition) is 0. The van der Waals surface area contributed by atoms with Crippen molar-refractivity contribution < 1.29 is 18.3 Å². The molecule has 76 valence electrons.